The van der Waals surface area contributed by atoms with Gasteiger partial charge in [0.05, 0.1) is 12.0 Å². The van der Waals surface area contributed by atoms with Gasteiger partial charge in [0.2, 0.25) is 0 Å². The number of ether oxygens (including phenoxy) is 2. The predicted octanol–water partition coefficient (Wildman–Crippen LogP) is 5.47. The summed E-state index contributed by atoms with van der Waals surface area (Å²) < 4.78 is 11.6. The molecule has 1 aliphatic heterocycles. The van der Waals surface area contributed by atoms with Crippen LogP contribution < -0.4 is 14.9 Å². The molecule has 0 bridgehead atoms. The number of halogens is 1. The van der Waals surface area contributed by atoms with Crippen LogP contribution in [0.25, 0.3) is 6.08 Å². The molecule has 1 saturated heterocycles. The Hall–Kier alpha value is -3.33. The van der Waals surface area contributed by atoms with Gasteiger partial charge in [-0.05, 0) is 54.2 Å². The molecule has 0 aromatic heterocycles. The minimum Gasteiger partial charge on any atom is -0.493 e. The third kappa shape index (κ3) is 5.41. The molecule has 0 saturated carbocycles. The van der Waals surface area contributed by atoms with Crippen LogP contribution in [0.5, 0.6) is 11.5 Å². The second-order valence-electron chi connectivity index (χ2n) is 7.11. The molecule has 0 unspecified atom stereocenters. The number of carbonyl (C=O) groups excluding carboxylic acids is 2. The molecule has 0 atom stereocenters. The minimum atomic E-state index is -0.417. The lowest BCUT2D eigenvalue weighted by atomic mass is 10.2. The highest BCUT2D eigenvalue weighted by atomic mass is 35.5. The number of carbonyl (C=O) groups is 2. The molecule has 34 heavy (non-hydrogen) atoms. The van der Waals surface area contributed by atoms with Crippen LogP contribution in [-0.2, 0) is 11.4 Å². The van der Waals surface area contributed by atoms with E-state index in [1.165, 1.54) is 0 Å². The predicted molar refractivity (Wildman–Crippen MR) is 138 cm³/mol. The summed E-state index contributed by atoms with van der Waals surface area (Å²) in [6, 6.07) is 21.4. The van der Waals surface area contributed by atoms with Gasteiger partial charge in [0, 0.05) is 16.1 Å². The number of rotatable bonds is 7. The van der Waals surface area contributed by atoms with Gasteiger partial charge < -0.3 is 9.47 Å². The van der Waals surface area contributed by atoms with Crippen LogP contribution in [-0.4, -0.2) is 28.3 Å². The largest absolute Gasteiger partial charge is 0.493 e. The Morgan fingerprint density at radius 2 is 1.82 bits per heavy atom. The van der Waals surface area contributed by atoms with Crippen LogP contribution in [0.2, 0.25) is 5.02 Å². The summed E-state index contributed by atoms with van der Waals surface area (Å²) in [5.41, 5.74) is 4.57. The summed E-state index contributed by atoms with van der Waals surface area (Å²) in [6.07, 6.45) is 1.69. The van der Waals surface area contributed by atoms with Crippen LogP contribution in [0.3, 0.4) is 0 Å². The molecular formula is C25H19ClN2O4S2. The lowest BCUT2D eigenvalue weighted by Gasteiger charge is -2.15. The van der Waals surface area contributed by atoms with Gasteiger partial charge in [0.15, 0.2) is 15.8 Å². The van der Waals surface area contributed by atoms with E-state index in [9.17, 15) is 9.59 Å². The molecule has 0 spiro atoms. The molecule has 3 aromatic carbocycles. The average molecular weight is 511 g/mol. The molecule has 2 amide bonds. The Morgan fingerprint density at radius 3 is 2.56 bits per heavy atom. The molecule has 6 nitrogen and oxygen atoms in total. The Kier molecular flexibility index (Phi) is 7.52. The number of thiocarbonyl (C=S) groups is 1. The van der Waals surface area contributed by atoms with E-state index in [1.54, 1.807) is 67.8 Å². The van der Waals surface area contributed by atoms with E-state index in [-0.39, 0.29) is 10.9 Å². The molecule has 172 valence electrons. The van der Waals surface area contributed by atoms with Crippen LogP contribution in [0.1, 0.15) is 21.5 Å². The van der Waals surface area contributed by atoms with Crippen molar-refractivity contribution in [1.29, 1.82) is 0 Å². The normalized spacial score (nSPS) is 14.4. The Labute approximate surface area is 211 Å². The molecule has 1 heterocycles. The summed E-state index contributed by atoms with van der Waals surface area (Å²) in [4.78, 5) is 25.7. The number of hydrazine groups is 1. The molecule has 9 heteroatoms. The second kappa shape index (κ2) is 10.7. The summed E-state index contributed by atoms with van der Waals surface area (Å²) >= 11 is 12.6. The highest BCUT2D eigenvalue weighted by Crippen LogP contribution is 2.34. The van der Waals surface area contributed by atoms with Crippen LogP contribution in [0.15, 0.2) is 77.7 Å². The van der Waals surface area contributed by atoms with Crippen molar-refractivity contribution in [3.05, 3.63) is 99.4 Å². The second-order valence-corrected chi connectivity index (χ2v) is 9.20. The maximum Gasteiger partial charge on any atom is 0.285 e. The molecule has 0 aliphatic carbocycles. The minimum absolute atomic E-state index is 0.243. The number of benzene rings is 3. The first kappa shape index (κ1) is 23.8. The van der Waals surface area contributed by atoms with Gasteiger partial charge in [-0.3, -0.25) is 15.0 Å². The van der Waals surface area contributed by atoms with Crippen molar-refractivity contribution in [3.8, 4) is 11.5 Å². The van der Waals surface area contributed by atoms with Gasteiger partial charge in [-0.1, -0.05) is 65.8 Å². The van der Waals surface area contributed by atoms with Crippen LogP contribution >= 0.6 is 35.6 Å². The van der Waals surface area contributed by atoms with Gasteiger partial charge in [-0.25, -0.2) is 0 Å². The van der Waals surface area contributed by atoms with Crippen LogP contribution in [0, 0.1) is 0 Å². The Bertz CT molecular complexity index is 1280. The highest BCUT2D eigenvalue weighted by Gasteiger charge is 2.33. The molecule has 0 radical (unpaired) electrons. The van der Waals surface area contributed by atoms with Crippen molar-refractivity contribution in [2.45, 2.75) is 6.61 Å². The van der Waals surface area contributed by atoms with Crippen molar-refractivity contribution in [2.75, 3.05) is 7.11 Å². The van der Waals surface area contributed by atoms with Gasteiger partial charge in [0.25, 0.3) is 11.8 Å². The lowest BCUT2D eigenvalue weighted by Crippen LogP contribution is -2.44. The molecule has 1 fully saturated rings. The first-order valence-electron chi connectivity index (χ1n) is 10.1. The van der Waals surface area contributed by atoms with Crippen molar-refractivity contribution in [3.63, 3.8) is 0 Å². The zero-order valence-corrected chi connectivity index (χ0v) is 20.4. The molecule has 4 rings (SSSR count). The smallest absolute Gasteiger partial charge is 0.285 e. The molecular weight excluding hydrogens is 492 g/mol. The first-order chi connectivity index (χ1) is 16.5. The van der Waals surface area contributed by atoms with E-state index >= 15 is 0 Å². The van der Waals surface area contributed by atoms with E-state index in [1.807, 2.05) is 18.2 Å². The van der Waals surface area contributed by atoms with Gasteiger partial charge in [0.1, 0.15) is 6.61 Å². The lowest BCUT2D eigenvalue weighted by molar-refractivity contribution is -0.123. The quantitative estimate of drug-likeness (QED) is 0.335. The standard InChI is InChI=1S/C25H19ClN2O4S2/c1-31-21-13-16(11-12-20(21)32-15-18-9-5-6-10-19(18)26)14-22-24(30)28(25(33)34-22)27-23(29)17-7-3-2-4-8-17/h2-14H,15H2,1H3,(H,27,29)/b22-14+. The number of nitrogens with zero attached hydrogens (tertiary/aromatic N) is 1. The van der Waals surface area contributed by atoms with Crippen molar-refractivity contribution >= 4 is 57.8 Å². The zero-order valence-electron chi connectivity index (χ0n) is 18.0. The van der Waals surface area contributed by atoms with Crippen molar-refractivity contribution in [1.82, 2.24) is 10.4 Å². The average Bonchev–Trinajstić information content (AvgIpc) is 3.11. The van der Waals surface area contributed by atoms with Gasteiger partial charge in [-0.15, -0.1) is 0 Å². The summed E-state index contributed by atoms with van der Waals surface area (Å²) in [7, 11) is 1.54. The zero-order chi connectivity index (χ0) is 24.1. The number of thioether (sulfide) groups is 1. The van der Waals surface area contributed by atoms with E-state index < -0.39 is 11.8 Å². The van der Waals surface area contributed by atoms with Crippen molar-refractivity contribution < 1.29 is 19.1 Å². The van der Waals surface area contributed by atoms with Crippen LogP contribution in [0.4, 0.5) is 0 Å². The highest BCUT2D eigenvalue weighted by molar-refractivity contribution is 8.26. The van der Waals surface area contributed by atoms with E-state index in [2.05, 4.69) is 5.43 Å². The SMILES string of the molecule is COc1cc(/C=C2/SC(=S)N(NC(=O)c3ccccc3)C2=O)ccc1OCc1ccccc1Cl. The van der Waals surface area contributed by atoms with E-state index in [0.29, 0.717) is 27.0 Å². The number of hydrogen-bond acceptors (Lipinski definition) is 6. The fourth-order valence-electron chi connectivity index (χ4n) is 3.14. The molecule has 3 aromatic rings. The topological polar surface area (TPSA) is 67.9 Å². The van der Waals surface area contributed by atoms with Gasteiger partial charge in [-0.2, -0.15) is 5.01 Å². The maximum atomic E-state index is 12.9. The fourth-order valence-corrected chi connectivity index (χ4v) is 4.50. The number of nitrogens with one attached hydrogen (secondary N) is 1. The molecule has 1 aliphatic rings. The van der Waals surface area contributed by atoms with Gasteiger partial charge >= 0.3 is 0 Å². The number of methoxy groups -OCH3 is 1. The first-order valence-corrected chi connectivity index (χ1v) is 11.7. The summed E-state index contributed by atoms with van der Waals surface area (Å²) in [5, 5.41) is 1.71. The Balaban J connectivity index is 1.47. The molecule has 1 N–H and O–H groups in total. The Morgan fingerprint density at radius 1 is 1.09 bits per heavy atom. The van der Waals surface area contributed by atoms with E-state index in [4.69, 9.17) is 33.3 Å². The van der Waals surface area contributed by atoms with Crippen molar-refractivity contribution in [2.24, 2.45) is 0 Å². The third-order valence-electron chi connectivity index (χ3n) is 4.87. The summed E-state index contributed by atoms with van der Waals surface area (Å²) in [5.74, 6) is 0.230. The monoisotopic (exact) mass is 510 g/mol. The fraction of sp³-hybridized carbons (Fsp3) is 0.0800. The summed E-state index contributed by atoms with van der Waals surface area (Å²) in [6.45, 7) is 0.287. The maximum absolute atomic E-state index is 12.9. The number of hydrogen-bond donors (Lipinski definition) is 1. The van der Waals surface area contributed by atoms with E-state index in [0.717, 1.165) is 27.9 Å². The number of amides is 2. The third-order valence-corrected chi connectivity index (χ3v) is 6.54.